The number of fused-ring (bicyclic) bond motifs is 1. The monoisotopic (exact) mass is 218 g/mol. The Labute approximate surface area is 97.9 Å². The molecular formula is C14H22N2. The maximum atomic E-state index is 4.85. The van der Waals surface area contributed by atoms with Gasteiger partial charge in [0, 0.05) is 11.6 Å². The van der Waals surface area contributed by atoms with Crippen LogP contribution in [0.15, 0.2) is 0 Å². The zero-order chi connectivity index (χ0) is 11.0. The fourth-order valence-electron chi connectivity index (χ4n) is 3.25. The molecule has 1 saturated carbocycles. The van der Waals surface area contributed by atoms with Gasteiger partial charge in [-0.3, -0.25) is 0 Å². The standard InChI is InChI=1S/C14H22N2/c1-10-7-8-12-13(9-10)16-14(15-12)11-5-3-2-4-6-11/h10-11H,2-9H2,1H3,(H,15,16). The Kier molecular flexibility index (Phi) is 2.74. The molecule has 0 aliphatic heterocycles. The van der Waals surface area contributed by atoms with Gasteiger partial charge in [-0.05, 0) is 38.0 Å². The normalized spacial score (nSPS) is 26.7. The van der Waals surface area contributed by atoms with Crippen molar-refractivity contribution in [1.82, 2.24) is 9.97 Å². The van der Waals surface area contributed by atoms with Gasteiger partial charge in [-0.2, -0.15) is 0 Å². The SMILES string of the molecule is CC1CCc2nc(C3CCCCC3)[nH]c2C1. The van der Waals surface area contributed by atoms with Gasteiger partial charge in [-0.15, -0.1) is 0 Å². The number of aromatic nitrogens is 2. The molecule has 0 saturated heterocycles. The lowest BCUT2D eigenvalue weighted by Crippen LogP contribution is -2.10. The minimum absolute atomic E-state index is 0.731. The Hall–Kier alpha value is -0.790. The van der Waals surface area contributed by atoms with E-state index in [1.54, 1.807) is 0 Å². The zero-order valence-electron chi connectivity index (χ0n) is 10.3. The average molecular weight is 218 g/mol. The summed E-state index contributed by atoms with van der Waals surface area (Å²) in [6.07, 6.45) is 10.6. The molecule has 0 bridgehead atoms. The molecular weight excluding hydrogens is 196 g/mol. The van der Waals surface area contributed by atoms with Crippen molar-refractivity contribution in [1.29, 1.82) is 0 Å². The second-order valence-corrected chi connectivity index (χ2v) is 5.73. The lowest BCUT2D eigenvalue weighted by Gasteiger charge is -2.19. The minimum atomic E-state index is 0.731. The number of hydrogen-bond donors (Lipinski definition) is 1. The smallest absolute Gasteiger partial charge is 0.109 e. The third kappa shape index (κ3) is 1.90. The Morgan fingerprint density at radius 2 is 1.94 bits per heavy atom. The van der Waals surface area contributed by atoms with E-state index < -0.39 is 0 Å². The summed E-state index contributed by atoms with van der Waals surface area (Å²) in [5.74, 6) is 2.88. The van der Waals surface area contributed by atoms with Gasteiger partial charge in [0.05, 0.1) is 5.69 Å². The summed E-state index contributed by atoms with van der Waals surface area (Å²) in [6.45, 7) is 2.35. The number of nitrogens with zero attached hydrogens (tertiary/aromatic N) is 1. The number of nitrogens with one attached hydrogen (secondary N) is 1. The quantitative estimate of drug-likeness (QED) is 0.766. The predicted molar refractivity (Wildman–Crippen MR) is 65.6 cm³/mol. The van der Waals surface area contributed by atoms with Crippen molar-refractivity contribution >= 4 is 0 Å². The van der Waals surface area contributed by atoms with Crippen LogP contribution >= 0.6 is 0 Å². The van der Waals surface area contributed by atoms with Gasteiger partial charge in [0.1, 0.15) is 5.82 Å². The minimum Gasteiger partial charge on any atom is -0.345 e. The van der Waals surface area contributed by atoms with E-state index in [2.05, 4.69) is 11.9 Å². The average Bonchev–Trinajstić information content (AvgIpc) is 2.73. The van der Waals surface area contributed by atoms with Crippen LogP contribution < -0.4 is 0 Å². The van der Waals surface area contributed by atoms with E-state index in [0.717, 1.165) is 11.8 Å². The summed E-state index contributed by atoms with van der Waals surface area (Å²) in [6, 6.07) is 0. The van der Waals surface area contributed by atoms with Crippen molar-refractivity contribution in [3.63, 3.8) is 0 Å². The fraction of sp³-hybridized carbons (Fsp3) is 0.786. The van der Waals surface area contributed by atoms with Crippen molar-refractivity contribution in [3.05, 3.63) is 17.2 Å². The molecule has 1 aromatic heterocycles. The molecule has 1 heterocycles. The van der Waals surface area contributed by atoms with E-state index in [-0.39, 0.29) is 0 Å². The Morgan fingerprint density at radius 3 is 2.75 bits per heavy atom. The molecule has 2 aliphatic carbocycles. The van der Waals surface area contributed by atoms with Crippen LogP contribution in [0.1, 0.15) is 68.6 Å². The van der Waals surface area contributed by atoms with Crippen LogP contribution in [0, 0.1) is 5.92 Å². The molecule has 3 rings (SSSR count). The van der Waals surface area contributed by atoms with E-state index in [0.29, 0.717) is 0 Å². The van der Waals surface area contributed by atoms with E-state index in [9.17, 15) is 0 Å². The highest BCUT2D eigenvalue weighted by molar-refractivity contribution is 5.20. The summed E-state index contributed by atoms with van der Waals surface area (Å²) in [5, 5.41) is 0. The molecule has 2 heteroatoms. The molecule has 0 amide bonds. The van der Waals surface area contributed by atoms with Crippen molar-refractivity contribution in [2.45, 2.75) is 64.2 Å². The summed E-state index contributed by atoms with van der Waals surface area (Å²) in [5.41, 5.74) is 2.82. The van der Waals surface area contributed by atoms with Crippen LogP contribution in [-0.2, 0) is 12.8 Å². The van der Waals surface area contributed by atoms with Crippen molar-refractivity contribution < 1.29 is 0 Å². The van der Waals surface area contributed by atoms with Crippen molar-refractivity contribution in [2.75, 3.05) is 0 Å². The molecule has 1 atom stereocenters. The van der Waals surface area contributed by atoms with Gasteiger partial charge in [-0.25, -0.2) is 4.98 Å². The van der Waals surface area contributed by atoms with Crippen LogP contribution in [0.5, 0.6) is 0 Å². The third-order valence-corrected chi connectivity index (χ3v) is 4.30. The lowest BCUT2D eigenvalue weighted by atomic mass is 9.89. The van der Waals surface area contributed by atoms with E-state index in [4.69, 9.17) is 4.98 Å². The molecule has 0 radical (unpaired) electrons. The highest BCUT2D eigenvalue weighted by Gasteiger charge is 2.23. The van der Waals surface area contributed by atoms with Crippen molar-refractivity contribution in [2.24, 2.45) is 5.92 Å². The first-order valence-electron chi connectivity index (χ1n) is 6.90. The van der Waals surface area contributed by atoms with Crippen LogP contribution in [0.4, 0.5) is 0 Å². The maximum absolute atomic E-state index is 4.85. The first-order chi connectivity index (χ1) is 7.83. The van der Waals surface area contributed by atoms with Gasteiger partial charge >= 0.3 is 0 Å². The molecule has 0 aromatic carbocycles. The van der Waals surface area contributed by atoms with Gasteiger partial charge in [0.25, 0.3) is 0 Å². The number of aryl methyl sites for hydroxylation is 1. The van der Waals surface area contributed by atoms with E-state index >= 15 is 0 Å². The highest BCUT2D eigenvalue weighted by atomic mass is 14.9. The molecule has 88 valence electrons. The number of imidazole rings is 1. The molecule has 1 aromatic rings. The first-order valence-corrected chi connectivity index (χ1v) is 6.90. The second kappa shape index (κ2) is 4.23. The largest absolute Gasteiger partial charge is 0.345 e. The molecule has 2 aliphatic rings. The number of hydrogen-bond acceptors (Lipinski definition) is 1. The second-order valence-electron chi connectivity index (χ2n) is 5.73. The zero-order valence-corrected chi connectivity index (χ0v) is 10.3. The van der Waals surface area contributed by atoms with Crippen LogP contribution in [-0.4, -0.2) is 9.97 Å². The number of aromatic amines is 1. The molecule has 1 N–H and O–H groups in total. The summed E-state index contributed by atoms with van der Waals surface area (Å²) in [4.78, 5) is 8.48. The number of rotatable bonds is 1. The van der Waals surface area contributed by atoms with E-state index in [1.165, 1.54) is 68.6 Å². The van der Waals surface area contributed by atoms with Gasteiger partial charge < -0.3 is 4.98 Å². The molecule has 1 unspecified atom stereocenters. The summed E-state index contributed by atoms with van der Waals surface area (Å²) < 4.78 is 0. The first kappa shape index (κ1) is 10.4. The van der Waals surface area contributed by atoms with Crippen LogP contribution in [0.3, 0.4) is 0 Å². The Morgan fingerprint density at radius 1 is 1.12 bits per heavy atom. The van der Waals surface area contributed by atoms with Gasteiger partial charge in [-0.1, -0.05) is 26.2 Å². The Bertz CT molecular complexity index is 361. The lowest BCUT2D eigenvalue weighted by molar-refractivity contribution is 0.430. The molecule has 2 nitrogen and oxygen atoms in total. The van der Waals surface area contributed by atoms with E-state index in [1.807, 2.05) is 0 Å². The van der Waals surface area contributed by atoms with Crippen molar-refractivity contribution in [3.8, 4) is 0 Å². The highest BCUT2D eigenvalue weighted by Crippen LogP contribution is 2.33. The summed E-state index contributed by atoms with van der Waals surface area (Å²) >= 11 is 0. The molecule has 0 spiro atoms. The number of H-pyrrole nitrogens is 1. The van der Waals surface area contributed by atoms with Gasteiger partial charge in [0.2, 0.25) is 0 Å². The topological polar surface area (TPSA) is 28.7 Å². The third-order valence-electron chi connectivity index (χ3n) is 4.30. The summed E-state index contributed by atoms with van der Waals surface area (Å²) in [7, 11) is 0. The predicted octanol–water partition coefficient (Wildman–Crippen LogP) is 3.58. The molecule has 16 heavy (non-hydrogen) atoms. The van der Waals surface area contributed by atoms with Crippen LogP contribution in [0.2, 0.25) is 0 Å². The maximum Gasteiger partial charge on any atom is 0.109 e. The van der Waals surface area contributed by atoms with Crippen LogP contribution in [0.25, 0.3) is 0 Å². The molecule has 1 fully saturated rings. The Balaban J connectivity index is 1.80. The van der Waals surface area contributed by atoms with Gasteiger partial charge in [0.15, 0.2) is 0 Å². The fourth-order valence-corrected chi connectivity index (χ4v) is 3.25.